The van der Waals surface area contributed by atoms with Crippen LogP contribution in [0, 0.1) is 0 Å². The largest absolute Gasteiger partial charge is 0.309 e. The highest BCUT2D eigenvalue weighted by molar-refractivity contribution is 7.91. The fourth-order valence-electron chi connectivity index (χ4n) is 1.56. The number of hydrogen-bond donors (Lipinski definition) is 3. The van der Waals surface area contributed by atoms with Crippen molar-refractivity contribution in [2.45, 2.75) is 45.2 Å². The molecule has 0 bridgehead atoms. The number of anilines is 1. The van der Waals surface area contributed by atoms with Gasteiger partial charge in [-0.25, -0.2) is 9.71 Å². The summed E-state index contributed by atoms with van der Waals surface area (Å²) in [4.78, 5) is 4.30. The number of aromatic nitrogens is 1. The van der Waals surface area contributed by atoms with Gasteiger partial charge in [0, 0.05) is 17.5 Å². The van der Waals surface area contributed by atoms with Crippen LogP contribution in [-0.4, -0.2) is 26.0 Å². The lowest BCUT2D eigenvalue weighted by molar-refractivity contribution is 0.561. The van der Waals surface area contributed by atoms with Crippen LogP contribution in [0.2, 0.25) is 0 Å². The summed E-state index contributed by atoms with van der Waals surface area (Å²) in [6.07, 6.45) is 2.89. The molecule has 1 heterocycles. The van der Waals surface area contributed by atoms with E-state index < -0.39 is 10.2 Å². The first-order chi connectivity index (χ1) is 9.00. The normalized spacial score (nSPS) is 17.4. The van der Waals surface area contributed by atoms with Gasteiger partial charge in [0.2, 0.25) is 0 Å². The summed E-state index contributed by atoms with van der Waals surface area (Å²) in [7, 11) is -3.47. The molecule has 0 saturated heterocycles. The zero-order valence-electron chi connectivity index (χ0n) is 11.1. The SMILES string of the molecule is CCCNC(C)c1csc(NS(=O)(=O)NC2CC2)n1. The molecule has 0 aliphatic heterocycles. The zero-order chi connectivity index (χ0) is 13.9. The predicted octanol–water partition coefficient (Wildman–Crippen LogP) is 1.61. The highest BCUT2D eigenvalue weighted by Gasteiger charge is 2.27. The van der Waals surface area contributed by atoms with Crippen LogP contribution in [0.4, 0.5) is 5.13 Å². The second-order valence-corrected chi connectivity index (χ2v) is 7.06. The lowest BCUT2D eigenvalue weighted by atomic mass is 10.2. The molecule has 1 aliphatic rings. The maximum Gasteiger partial charge on any atom is 0.301 e. The minimum Gasteiger partial charge on any atom is -0.309 e. The lowest BCUT2D eigenvalue weighted by Gasteiger charge is -2.10. The molecule has 0 aromatic carbocycles. The van der Waals surface area contributed by atoms with Gasteiger partial charge in [-0.15, -0.1) is 11.3 Å². The van der Waals surface area contributed by atoms with E-state index in [9.17, 15) is 8.42 Å². The van der Waals surface area contributed by atoms with Gasteiger partial charge in [0.1, 0.15) is 0 Å². The highest BCUT2D eigenvalue weighted by Crippen LogP contribution is 2.23. The van der Waals surface area contributed by atoms with Crippen molar-refractivity contribution in [2.24, 2.45) is 0 Å². The van der Waals surface area contributed by atoms with Crippen LogP contribution < -0.4 is 14.8 Å². The quantitative estimate of drug-likeness (QED) is 0.681. The van der Waals surface area contributed by atoms with Crippen molar-refractivity contribution < 1.29 is 8.42 Å². The highest BCUT2D eigenvalue weighted by atomic mass is 32.2. The molecule has 1 fully saturated rings. The molecule has 1 aromatic rings. The minimum atomic E-state index is -3.47. The van der Waals surface area contributed by atoms with Crippen molar-refractivity contribution >= 4 is 26.7 Å². The van der Waals surface area contributed by atoms with Gasteiger partial charge in [0.05, 0.1) is 5.69 Å². The maximum atomic E-state index is 11.7. The number of nitrogens with one attached hydrogen (secondary N) is 3. The second-order valence-electron chi connectivity index (χ2n) is 4.75. The topological polar surface area (TPSA) is 83.1 Å². The molecule has 0 amide bonds. The molecular formula is C11H20N4O2S2. The van der Waals surface area contributed by atoms with Crippen LogP contribution in [0.5, 0.6) is 0 Å². The summed E-state index contributed by atoms with van der Waals surface area (Å²) in [6.45, 7) is 5.04. The molecule has 108 valence electrons. The number of nitrogens with zero attached hydrogens (tertiary/aromatic N) is 1. The molecule has 2 rings (SSSR count). The summed E-state index contributed by atoms with van der Waals surface area (Å²) in [6, 6.07) is 0.230. The molecule has 6 nitrogen and oxygen atoms in total. The first-order valence-electron chi connectivity index (χ1n) is 6.49. The Morgan fingerprint density at radius 2 is 2.26 bits per heavy atom. The lowest BCUT2D eigenvalue weighted by Crippen LogP contribution is -2.31. The molecule has 19 heavy (non-hydrogen) atoms. The molecule has 0 radical (unpaired) electrons. The smallest absolute Gasteiger partial charge is 0.301 e. The van der Waals surface area contributed by atoms with Crippen molar-refractivity contribution in [1.29, 1.82) is 0 Å². The third-order valence-corrected chi connectivity index (χ3v) is 4.80. The fourth-order valence-corrected chi connectivity index (χ4v) is 3.74. The third kappa shape index (κ3) is 4.72. The molecule has 1 unspecified atom stereocenters. The predicted molar refractivity (Wildman–Crippen MR) is 77.5 cm³/mol. The zero-order valence-corrected chi connectivity index (χ0v) is 12.8. The van der Waals surface area contributed by atoms with E-state index in [4.69, 9.17) is 0 Å². The van der Waals surface area contributed by atoms with Crippen molar-refractivity contribution in [2.75, 3.05) is 11.3 Å². The van der Waals surface area contributed by atoms with Gasteiger partial charge in [0.25, 0.3) is 0 Å². The van der Waals surface area contributed by atoms with Crippen LogP contribution in [0.3, 0.4) is 0 Å². The first kappa shape index (κ1) is 14.7. The fraction of sp³-hybridized carbons (Fsp3) is 0.727. The van der Waals surface area contributed by atoms with Crippen molar-refractivity contribution in [1.82, 2.24) is 15.0 Å². The Balaban J connectivity index is 1.92. The Morgan fingerprint density at radius 3 is 2.89 bits per heavy atom. The molecule has 8 heteroatoms. The monoisotopic (exact) mass is 304 g/mol. The van der Waals surface area contributed by atoms with E-state index in [2.05, 4.69) is 26.7 Å². The Bertz CT molecular complexity index is 511. The first-order valence-corrected chi connectivity index (χ1v) is 8.85. The standard InChI is InChI=1S/C11H20N4O2S2/c1-3-6-12-8(2)10-7-18-11(13-10)15-19(16,17)14-9-4-5-9/h7-9,12,14H,3-6H2,1-2H3,(H,13,15). The van der Waals surface area contributed by atoms with E-state index >= 15 is 0 Å². The average Bonchev–Trinajstić information content (AvgIpc) is 3.01. The number of rotatable bonds is 8. The van der Waals surface area contributed by atoms with Gasteiger partial charge in [0.15, 0.2) is 5.13 Å². The van der Waals surface area contributed by atoms with Gasteiger partial charge in [-0.05, 0) is 32.7 Å². The molecule has 0 spiro atoms. The number of thiazole rings is 1. The molecule has 3 N–H and O–H groups in total. The Hall–Kier alpha value is -0.700. The summed E-state index contributed by atoms with van der Waals surface area (Å²) in [5, 5.41) is 5.61. The van der Waals surface area contributed by atoms with Gasteiger partial charge in [-0.3, -0.25) is 0 Å². The van der Waals surface area contributed by atoms with Crippen LogP contribution in [-0.2, 0) is 10.2 Å². The van der Waals surface area contributed by atoms with Crippen LogP contribution >= 0.6 is 11.3 Å². The van der Waals surface area contributed by atoms with E-state index in [1.165, 1.54) is 11.3 Å². The molecule has 1 aromatic heterocycles. The van der Waals surface area contributed by atoms with Crippen LogP contribution in [0.25, 0.3) is 0 Å². The minimum absolute atomic E-state index is 0.0991. The molecule has 1 aliphatic carbocycles. The Morgan fingerprint density at radius 1 is 1.53 bits per heavy atom. The van der Waals surface area contributed by atoms with Crippen molar-refractivity contribution in [3.05, 3.63) is 11.1 Å². The maximum absolute atomic E-state index is 11.7. The Kier molecular flexibility index (Phi) is 4.77. The van der Waals surface area contributed by atoms with E-state index in [0.29, 0.717) is 5.13 Å². The second kappa shape index (κ2) is 6.17. The molecule has 1 atom stereocenters. The van der Waals surface area contributed by atoms with Crippen molar-refractivity contribution in [3.63, 3.8) is 0 Å². The molecule has 1 saturated carbocycles. The van der Waals surface area contributed by atoms with E-state index in [1.807, 2.05) is 12.3 Å². The van der Waals surface area contributed by atoms with E-state index in [-0.39, 0.29) is 12.1 Å². The van der Waals surface area contributed by atoms with Gasteiger partial charge in [-0.1, -0.05) is 6.92 Å². The van der Waals surface area contributed by atoms with Crippen LogP contribution in [0.15, 0.2) is 5.38 Å². The number of hydrogen-bond acceptors (Lipinski definition) is 5. The van der Waals surface area contributed by atoms with Gasteiger partial charge < -0.3 is 5.32 Å². The Labute approximate surface area is 118 Å². The van der Waals surface area contributed by atoms with Gasteiger partial charge in [-0.2, -0.15) is 13.1 Å². The average molecular weight is 304 g/mol. The van der Waals surface area contributed by atoms with Crippen LogP contribution in [0.1, 0.15) is 44.8 Å². The molecular weight excluding hydrogens is 284 g/mol. The third-order valence-electron chi connectivity index (χ3n) is 2.79. The summed E-state index contributed by atoms with van der Waals surface area (Å²) >= 11 is 1.30. The van der Waals surface area contributed by atoms with Gasteiger partial charge >= 0.3 is 10.2 Å². The van der Waals surface area contributed by atoms with E-state index in [1.54, 1.807) is 0 Å². The van der Waals surface area contributed by atoms with E-state index in [0.717, 1.165) is 31.5 Å². The van der Waals surface area contributed by atoms with Crippen molar-refractivity contribution in [3.8, 4) is 0 Å². The summed E-state index contributed by atoms with van der Waals surface area (Å²) < 4.78 is 28.5. The summed E-state index contributed by atoms with van der Waals surface area (Å²) in [5.74, 6) is 0. The summed E-state index contributed by atoms with van der Waals surface area (Å²) in [5.41, 5.74) is 0.863.